The Morgan fingerprint density at radius 3 is 1.58 bits per heavy atom. The van der Waals surface area contributed by atoms with Gasteiger partial charge in [0.25, 0.3) is 21.3 Å². The van der Waals surface area contributed by atoms with Crippen LogP contribution in [-0.4, -0.2) is 109 Å². The normalized spacial score (nSPS) is 28.5. The number of hydrogen-bond donors (Lipinski definition) is 3. The molecule has 3 N–H and O–H groups in total. The molecule has 13 nitrogen and oxygen atoms in total. The van der Waals surface area contributed by atoms with Crippen LogP contribution >= 0.6 is 0 Å². The van der Waals surface area contributed by atoms with Gasteiger partial charge in [-0.25, -0.2) is 9.59 Å². The van der Waals surface area contributed by atoms with E-state index in [0.29, 0.717) is 44.9 Å². The van der Waals surface area contributed by atoms with Crippen molar-refractivity contribution in [1.29, 1.82) is 0 Å². The van der Waals surface area contributed by atoms with Crippen LogP contribution in [0.3, 0.4) is 0 Å². The van der Waals surface area contributed by atoms with Crippen molar-refractivity contribution in [2.24, 2.45) is 39.9 Å². The van der Waals surface area contributed by atoms with Crippen LogP contribution in [0.4, 0.5) is 52.7 Å². The summed E-state index contributed by atoms with van der Waals surface area (Å²) in [6.07, 6.45) is -23.5. The van der Waals surface area contributed by atoms with Gasteiger partial charge in [0.15, 0.2) is 0 Å². The average Bonchev–Trinajstić information content (AvgIpc) is 3.21. The zero-order valence-corrected chi connectivity index (χ0v) is 37.4. The second kappa shape index (κ2) is 18.9. The van der Waals surface area contributed by atoms with E-state index in [1.807, 2.05) is 0 Å². The molecule has 0 saturated heterocycles. The molecular weight excluding hydrogens is 985 g/mol. The minimum Gasteiger partial charge on any atom is -0.465 e. The van der Waals surface area contributed by atoms with Gasteiger partial charge in [-0.1, -0.05) is 12.8 Å². The predicted octanol–water partition coefficient (Wildman–Crippen LogP) is 8.78. The number of ether oxygens (including phenoxy) is 4. The minimum atomic E-state index is -6.12. The van der Waals surface area contributed by atoms with E-state index in [-0.39, 0.29) is 81.8 Å². The van der Waals surface area contributed by atoms with Crippen molar-refractivity contribution in [3.8, 4) is 0 Å². The Balaban J connectivity index is 1.05. The number of rotatable bonds is 17. The largest absolute Gasteiger partial charge is 0.465 e. The molecule has 6 saturated carbocycles. The van der Waals surface area contributed by atoms with Gasteiger partial charge in [-0.05, 0) is 119 Å². The minimum absolute atomic E-state index is 0.0287. The van der Waals surface area contributed by atoms with Crippen LogP contribution in [0, 0.1) is 39.9 Å². The van der Waals surface area contributed by atoms with Gasteiger partial charge in [0.1, 0.15) is 0 Å². The lowest BCUT2D eigenvalue weighted by Gasteiger charge is -2.60. The first-order valence-corrected chi connectivity index (χ1v) is 23.5. The van der Waals surface area contributed by atoms with Gasteiger partial charge in [-0.3, -0.25) is 14.1 Å². The Morgan fingerprint density at radius 1 is 0.609 bits per heavy atom. The monoisotopic (exact) mass is 1030 g/mol. The number of halogens is 12. The summed E-state index contributed by atoms with van der Waals surface area (Å²) in [5.74, 6) is -4.96. The lowest BCUT2D eigenvalue weighted by molar-refractivity contribution is -0.371. The van der Waals surface area contributed by atoms with Crippen LogP contribution in [-0.2, 0) is 38.7 Å². The quantitative estimate of drug-likeness (QED) is 0.0440. The fourth-order valence-corrected chi connectivity index (χ4v) is 12.6. The number of aliphatic hydroxyl groups is 2. The molecule has 6 aliphatic rings. The van der Waals surface area contributed by atoms with E-state index in [0.717, 1.165) is 18.2 Å². The van der Waals surface area contributed by atoms with Crippen molar-refractivity contribution >= 4 is 34.0 Å². The van der Waals surface area contributed by atoms with Gasteiger partial charge in [-0.2, -0.15) is 61.1 Å². The Labute approximate surface area is 386 Å². The van der Waals surface area contributed by atoms with E-state index in [1.165, 1.54) is 0 Å². The molecule has 1 aromatic rings. The van der Waals surface area contributed by atoms with Crippen molar-refractivity contribution in [1.82, 2.24) is 0 Å². The molecule has 0 heterocycles. The first kappa shape index (κ1) is 54.4. The van der Waals surface area contributed by atoms with Crippen molar-refractivity contribution in [3.05, 3.63) is 29.3 Å². The highest BCUT2D eigenvalue weighted by Crippen LogP contribution is 2.66. The maximum absolute atomic E-state index is 13.5. The van der Waals surface area contributed by atoms with Gasteiger partial charge in [0.2, 0.25) is 0 Å². The molecule has 390 valence electrons. The lowest BCUT2D eigenvalue weighted by atomic mass is 9.44. The van der Waals surface area contributed by atoms with Crippen LogP contribution in [0.2, 0.25) is 0 Å². The average molecular weight is 1030 g/mol. The molecule has 0 aromatic heterocycles. The molecule has 7 rings (SSSR count). The van der Waals surface area contributed by atoms with Crippen LogP contribution in [0.5, 0.6) is 0 Å². The van der Waals surface area contributed by atoms with Gasteiger partial charge < -0.3 is 29.2 Å². The Kier molecular flexibility index (Phi) is 14.9. The van der Waals surface area contributed by atoms with Gasteiger partial charge in [-0.15, -0.1) is 0 Å². The van der Waals surface area contributed by atoms with E-state index in [1.54, 1.807) is 0 Å². The Morgan fingerprint density at radius 2 is 1.09 bits per heavy atom. The molecule has 26 heteroatoms. The molecule has 6 aliphatic carbocycles. The Bertz CT molecular complexity index is 2180. The maximum Gasteiger partial charge on any atom is 0.426 e. The topological polar surface area (TPSA) is 200 Å². The third-order valence-electron chi connectivity index (χ3n) is 14.8. The third kappa shape index (κ3) is 11.3. The molecule has 69 heavy (non-hydrogen) atoms. The zero-order chi connectivity index (χ0) is 51.4. The maximum atomic E-state index is 13.5. The van der Waals surface area contributed by atoms with Gasteiger partial charge in [0, 0.05) is 18.3 Å². The summed E-state index contributed by atoms with van der Waals surface area (Å²) < 4.78 is 213. The van der Waals surface area contributed by atoms with Crippen LogP contribution in [0.25, 0.3) is 0 Å². The van der Waals surface area contributed by atoms with Crippen molar-refractivity contribution in [3.63, 3.8) is 0 Å². The molecule has 6 fully saturated rings. The molecule has 0 aliphatic heterocycles. The number of fused-ring (bicyclic) bond motifs is 2. The number of carbonyl (C=O) groups is 4. The first-order chi connectivity index (χ1) is 31.6. The summed E-state index contributed by atoms with van der Waals surface area (Å²) in [4.78, 5) is 52.4. The summed E-state index contributed by atoms with van der Waals surface area (Å²) in [5, 5.41) is 18.9. The smallest absolute Gasteiger partial charge is 0.426 e. The number of carbonyl (C=O) groups excluding carboxylic acids is 4. The van der Waals surface area contributed by atoms with E-state index in [9.17, 15) is 95.0 Å². The van der Waals surface area contributed by atoms with Gasteiger partial charge >= 0.3 is 48.6 Å². The summed E-state index contributed by atoms with van der Waals surface area (Å²) in [6, 6.07) is 2.39. The predicted molar refractivity (Wildman–Crippen MR) is 208 cm³/mol. The molecule has 0 amide bonds. The van der Waals surface area contributed by atoms with E-state index in [4.69, 9.17) is 18.9 Å². The summed E-state index contributed by atoms with van der Waals surface area (Å²) >= 11 is 0. The van der Waals surface area contributed by atoms with Crippen LogP contribution < -0.4 is 0 Å². The van der Waals surface area contributed by atoms with E-state index >= 15 is 0 Å². The number of benzene rings is 1. The number of esters is 4. The standard InChI is InChI=1S/C43H50F12O13S/c44-40(45,46)38(60,41(47,48)49)6-9-66-33(58)36-5-1-3-24(18-36)11-25(19-36)4-2-8-65-31(56)28-13-29(15-30(14-28)69(62,63)64)32(57)68-23-35-16-26-12-27(17-35)21-37(20-26,22-35)34(59)67-10-7-39(61,42(50,51)52)43(53,54)55/h13-15,24-27,60-61H,1-12,16-23H2,(H,62,63,64). The van der Waals surface area contributed by atoms with E-state index in [2.05, 4.69) is 0 Å². The molecule has 6 bridgehead atoms. The Hall–Kier alpha value is -3.91. The fraction of sp³-hybridized carbons (Fsp3) is 0.767. The number of alkyl halides is 12. The van der Waals surface area contributed by atoms with Crippen LogP contribution in [0.15, 0.2) is 23.1 Å². The van der Waals surface area contributed by atoms with Gasteiger partial charge in [0.05, 0.1) is 53.3 Å². The summed E-state index contributed by atoms with van der Waals surface area (Å²) in [5.41, 5.74) is -14.7. The van der Waals surface area contributed by atoms with E-state index < -0.39 is 128 Å². The summed E-state index contributed by atoms with van der Waals surface area (Å²) in [6.45, 7) is -3.43. The second-order valence-corrected chi connectivity index (χ2v) is 21.3. The molecule has 5 unspecified atom stereocenters. The van der Waals surface area contributed by atoms with Crippen molar-refractivity contribution in [2.45, 2.75) is 144 Å². The van der Waals surface area contributed by atoms with Crippen LogP contribution in [0.1, 0.15) is 123 Å². The molecule has 5 atom stereocenters. The highest BCUT2D eigenvalue weighted by molar-refractivity contribution is 7.85. The highest BCUT2D eigenvalue weighted by Gasteiger charge is 2.71. The molecular formula is C43H50F12O13S. The second-order valence-electron chi connectivity index (χ2n) is 19.8. The summed E-state index contributed by atoms with van der Waals surface area (Å²) in [7, 11) is -5.06. The van der Waals surface area contributed by atoms with Crippen molar-refractivity contribution in [2.75, 3.05) is 26.4 Å². The lowest BCUT2D eigenvalue weighted by Crippen LogP contribution is -2.58. The zero-order valence-electron chi connectivity index (χ0n) is 36.6. The molecule has 0 radical (unpaired) electrons. The molecule has 0 spiro atoms. The number of hydrogen-bond acceptors (Lipinski definition) is 12. The van der Waals surface area contributed by atoms with Crippen molar-refractivity contribution < 1.29 is 114 Å². The fourth-order valence-electron chi connectivity index (χ4n) is 12.0. The SMILES string of the molecule is O=C(OCCCC1CC2CCCC(C(=O)OCCC(O)(C(F)(F)F)C(F)(F)F)(C1)C2)c1cc(C(=O)OCC23CC4CC(C2)CC(C(=O)OCCC(O)(C(F)(F)F)C(F)(F)F)(C4)C3)cc(S(=O)(=O)O)c1. The molecule has 1 aromatic carbocycles. The first-order valence-electron chi connectivity index (χ1n) is 22.1. The third-order valence-corrected chi connectivity index (χ3v) is 15.6. The highest BCUT2D eigenvalue weighted by atomic mass is 32.2.